The fourth-order valence-electron chi connectivity index (χ4n) is 8.24. The van der Waals surface area contributed by atoms with Gasteiger partial charge in [-0.3, -0.25) is 4.90 Å². The van der Waals surface area contributed by atoms with Gasteiger partial charge >= 0.3 is 0 Å². The lowest BCUT2D eigenvalue weighted by Crippen LogP contribution is -2.19. The summed E-state index contributed by atoms with van der Waals surface area (Å²) in [7, 11) is 0. The quantitative estimate of drug-likeness (QED) is 0.183. The van der Waals surface area contributed by atoms with E-state index in [1.165, 1.54) is 73.0 Å². The van der Waals surface area contributed by atoms with Gasteiger partial charge in [-0.25, -0.2) is 4.98 Å². The van der Waals surface area contributed by atoms with Gasteiger partial charge in [-0.15, -0.1) is 22.7 Å². The largest absolute Gasteiger partial charge is 0.278 e. The molecule has 246 valence electrons. The lowest BCUT2D eigenvalue weighted by molar-refractivity contribution is 1.02. The van der Waals surface area contributed by atoms with Crippen LogP contribution >= 0.6 is 22.7 Å². The minimum atomic E-state index is 0.593. The van der Waals surface area contributed by atoms with Crippen LogP contribution in [0, 0.1) is 0 Å². The maximum Gasteiger partial charge on any atom is 0.238 e. The van der Waals surface area contributed by atoms with Crippen molar-refractivity contribution in [3.8, 4) is 33.9 Å². The fraction of sp³-hybridized carbons (Fsp3) is 0. The number of fused-ring (bicyclic) bond motifs is 10. The first kappa shape index (κ1) is 29.1. The molecule has 3 aromatic heterocycles. The van der Waals surface area contributed by atoms with E-state index in [2.05, 4.69) is 163 Å². The molecule has 0 atom stereocenters. The molecule has 53 heavy (non-hydrogen) atoms. The van der Waals surface area contributed by atoms with Crippen LogP contribution in [-0.4, -0.2) is 15.0 Å². The minimum Gasteiger partial charge on any atom is -0.278 e. The Hall–Kier alpha value is -6.47. The molecular formula is C47H26N4S2. The number of aromatic nitrogens is 3. The van der Waals surface area contributed by atoms with Crippen LogP contribution in [0.15, 0.2) is 158 Å². The monoisotopic (exact) mass is 710 g/mol. The molecule has 1 aliphatic heterocycles. The van der Waals surface area contributed by atoms with E-state index < -0.39 is 0 Å². The van der Waals surface area contributed by atoms with Crippen LogP contribution in [-0.2, 0) is 0 Å². The molecule has 0 fully saturated rings. The van der Waals surface area contributed by atoms with Crippen molar-refractivity contribution in [1.82, 2.24) is 15.0 Å². The van der Waals surface area contributed by atoms with Crippen molar-refractivity contribution in [3.05, 3.63) is 158 Å². The molecule has 0 N–H and O–H groups in total. The lowest BCUT2D eigenvalue weighted by Gasteiger charge is -2.32. The Kier molecular flexibility index (Phi) is 6.06. The zero-order valence-electron chi connectivity index (χ0n) is 28.1. The average molecular weight is 711 g/mol. The summed E-state index contributed by atoms with van der Waals surface area (Å²) in [6.07, 6.45) is 0. The molecule has 0 bridgehead atoms. The Morgan fingerprint density at radius 3 is 1.85 bits per heavy atom. The van der Waals surface area contributed by atoms with E-state index in [0.29, 0.717) is 17.6 Å². The molecule has 0 saturated heterocycles. The van der Waals surface area contributed by atoms with Gasteiger partial charge in [-0.05, 0) is 70.3 Å². The maximum atomic E-state index is 5.37. The lowest BCUT2D eigenvalue weighted by atomic mass is 9.88. The molecule has 0 saturated carbocycles. The van der Waals surface area contributed by atoms with Gasteiger partial charge < -0.3 is 0 Å². The van der Waals surface area contributed by atoms with Crippen LogP contribution in [0.1, 0.15) is 0 Å². The van der Waals surface area contributed by atoms with Crippen LogP contribution in [0.25, 0.3) is 95.8 Å². The van der Waals surface area contributed by atoms with Crippen molar-refractivity contribution in [2.45, 2.75) is 0 Å². The van der Waals surface area contributed by atoms with Gasteiger partial charge in [0.2, 0.25) is 5.95 Å². The van der Waals surface area contributed by atoms with Crippen LogP contribution in [0.3, 0.4) is 0 Å². The van der Waals surface area contributed by atoms with Crippen LogP contribution < -0.4 is 4.90 Å². The van der Waals surface area contributed by atoms with E-state index in [0.717, 1.165) is 22.5 Å². The van der Waals surface area contributed by atoms with Crippen molar-refractivity contribution >= 4 is 102 Å². The predicted octanol–water partition coefficient (Wildman–Crippen LogP) is 13.7. The van der Waals surface area contributed by atoms with Gasteiger partial charge in [0, 0.05) is 62.4 Å². The molecule has 11 aromatic rings. The third-order valence-corrected chi connectivity index (χ3v) is 12.9. The van der Waals surface area contributed by atoms with Crippen molar-refractivity contribution in [2.24, 2.45) is 0 Å². The maximum absolute atomic E-state index is 5.37. The molecule has 0 amide bonds. The third-order valence-electron chi connectivity index (χ3n) is 10.6. The number of hydrogen-bond donors (Lipinski definition) is 0. The molecule has 0 unspecified atom stereocenters. The van der Waals surface area contributed by atoms with E-state index in [1.807, 2.05) is 11.3 Å². The summed E-state index contributed by atoms with van der Waals surface area (Å²) < 4.78 is 5.01. The van der Waals surface area contributed by atoms with E-state index in [1.54, 1.807) is 11.3 Å². The van der Waals surface area contributed by atoms with Crippen LogP contribution in [0.5, 0.6) is 0 Å². The molecule has 0 aliphatic carbocycles. The number of nitrogens with zero attached hydrogens (tertiary/aromatic N) is 4. The molecule has 6 heteroatoms. The molecule has 8 aromatic carbocycles. The Morgan fingerprint density at radius 1 is 0.396 bits per heavy atom. The fourth-order valence-corrected chi connectivity index (χ4v) is 10.5. The topological polar surface area (TPSA) is 41.9 Å². The molecule has 0 spiro atoms. The van der Waals surface area contributed by atoms with Gasteiger partial charge in [0.25, 0.3) is 0 Å². The normalized spacial score (nSPS) is 12.5. The highest BCUT2D eigenvalue weighted by Gasteiger charge is 2.30. The summed E-state index contributed by atoms with van der Waals surface area (Å²) >= 11 is 3.62. The standard InChI is InChI=1S/C47H26N4S2/c1-2-12-31-27(9-1)20-23-38-44(31)35-15-7-10-28-11-8-16-37(43(28)35)51(38)47-49-45(29-21-24-41-36(25-29)33-14-4-6-18-40(33)52-41)48-46(50-47)30-19-22-34-32-13-3-5-17-39(32)53-42(34)26-30/h1-26H. The third kappa shape index (κ3) is 4.31. The second-order valence-corrected chi connectivity index (χ2v) is 15.8. The minimum absolute atomic E-state index is 0.593. The molecule has 4 heterocycles. The van der Waals surface area contributed by atoms with Crippen molar-refractivity contribution < 1.29 is 0 Å². The average Bonchev–Trinajstić information content (AvgIpc) is 3.78. The zero-order chi connectivity index (χ0) is 34.6. The summed E-state index contributed by atoms with van der Waals surface area (Å²) in [5.74, 6) is 1.88. The number of anilines is 3. The van der Waals surface area contributed by atoms with Gasteiger partial charge in [-0.2, -0.15) is 9.97 Å². The van der Waals surface area contributed by atoms with Gasteiger partial charge in [0.1, 0.15) is 0 Å². The first-order chi connectivity index (χ1) is 26.2. The van der Waals surface area contributed by atoms with Crippen molar-refractivity contribution in [1.29, 1.82) is 0 Å². The first-order valence-corrected chi connectivity index (χ1v) is 19.3. The molecule has 1 aliphatic rings. The summed E-state index contributed by atoms with van der Waals surface area (Å²) in [5, 5.41) is 9.77. The van der Waals surface area contributed by atoms with Crippen LogP contribution in [0.2, 0.25) is 0 Å². The molecular weight excluding hydrogens is 685 g/mol. The highest BCUT2D eigenvalue weighted by molar-refractivity contribution is 7.26. The highest BCUT2D eigenvalue weighted by atomic mass is 32.1. The Bertz CT molecular complexity index is 3320. The molecule has 12 rings (SSSR count). The van der Waals surface area contributed by atoms with Crippen molar-refractivity contribution in [3.63, 3.8) is 0 Å². The molecule has 0 radical (unpaired) electrons. The number of hydrogen-bond acceptors (Lipinski definition) is 6. The van der Waals surface area contributed by atoms with Crippen molar-refractivity contribution in [2.75, 3.05) is 4.90 Å². The summed E-state index contributed by atoms with van der Waals surface area (Å²) in [6, 6.07) is 56.7. The summed E-state index contributed by atoms with van der Waals surface area (Å²) in [4.78, 5) is 18.2. The van der Waals surface area contributed by atoms with E-state index >= 15 is 0 Å². The first-order valence-electron chi connectivity index (χ1n) is 17.7. The number of thiophene rings is 2. The van der Waals surface area contributed by atoms with E-state index in [9.17, 15) is 0 Å². The van der Waals surface area contributed by atoms with E-state index in [-0.39, 0.29) is 0 Å². The number of rotatable bonds is 3. The van der Waals surface area contributed by atoms with Crippen LogP contribution in [0.4, 0.5) is 17.3 Å². The second kappa shape index (κ2) is 11.0. The zero-order valence-corrected chi connectivity index (χ0v) is 29.7. The number of benzene rings is 8. The predicted molar refractivity (Wildman–Crippen MR) is 225 cm³/mol. The Labute approximate surface area is 311 Å². The second-order valence-electron chi connectivity index (χ2n) is 13.6. The van der Waals surface area contributed by atoms with Gasteiger partial charge in [0.05, 0.1) is 11.4 Å². The smallest absolute Gasteiger partial charge is 0.238 e. The summed E-state index contributed by atoms with van der Waals surface area (Å²) in [5.41, 5.74) is 6.45. The van der Waals surface area contributed by atoms with E-state index in [4.69, 9.17) is 15.0 Å². The summed E-state index contributed by atoms with van der Waals surface area (Å²) in [6.45, 7) is 0. The SMILES string of the molecule is c1ccc2c3c(ccc2c1)N(c1nc(-c2ccc4c(c2)sc2ccccc24)nc(-c2ccc4sc5ccccc5c4c2)n1)c1cccc2cccc-3c12. The highest BCUT2D eigenvalue weighted by Crippen LogP contribution is 2.52. The molecule has 4 nitrogen and oxygen atoms in total. The van der Waals surface area contributed by atoms with Gasteiger partial charge in [0.15, 0.2) is 11.6 Å². The Balaban J connectivity index is 1.15. The van der Waals surface area contributed by atoms with Gasteiger partial charge in [-0.1, -0.05) is 109 Å². The Morgan fingerprint density at radius 2 is 1.02 bits per heavy atom.